The molecule has 29 heavy (non-hydrogen) atoms. The maximum absolute atomic E-state index is 12.2. The molecule has 6 heteroatoms. The number of nitrogens with one attached hydrogen (secondary N) is 1. The topological polar surface area (TPSA) is 78.9 Å². The standard InChI is InChI=1S/C23H26N2O4/c1-25(2)18-10-8-17(9-11-18)22-13-23(14-22,15-22)19(20(26)27)24-21(28)29-12-16-6-4-3-5-7-16/h3-11,19H,12-15H2,1-2H3,(H,24,28)(H,26,27). The Kier molecular flexibility index (Phi) is 4.73. The molecule has 1 atom stereocenters. The highest BCUT2D eigenvalue weighted by molar-refractivity contribution is 5.82. The summed E-state index contributed by atoms with van der Waals surface area (Å²) < 4.78 is 5.22. The SMILES string of the molecule is CN(C)c1ccc(C23CC(C(NC(=O)OCc4ccccc4)C(=O)O)(C2)C3)cc1. The van der Waals surface area contributed by atoms with Crippen LogP contribution in [0, 0.1) is 5.41 Å². The molecule has 3 aliphatic carbocycles. The summed E-state index contributed by atoms with van der Waals surface area (Å²) in [5.41, 5.74) is 2.92. The number of carboxylic acids is 1. The number of hydrogen-bond donors (Lipinski definition) is 2. The Hall–Kier alpha value is -3.02. The number of nitrogens with zero attached hydrogens (tertiary/aromatic N) is 1. The molecule has 6 nitrogen and oxygen atoms in total. The average molecular weight is 394 g/mol. The van der Waals surface area contributed by atoms with E-state index >= 15 is 0 Å². The first kappa shape index (κ1) is 19.3. The van der Waals surface area contributed by atoms with Crippen LogP contribution in [0.2, 0.25) is 0 Å². The van der Waals surface area contributed by atoms with Crippen molar-refractivity contribution in [3.63, 3.8) is 0 Å². The van der Waals surface area contributed by atoms with Crippen molar-refractivity contribution in [3.05, 3.63) is 65.7 Å². The number of aliphatic carboxylic acids is 1. The maximum atomic E-state index is 12.2. The van der Waals surface area contributed by atoms with Gasteiger partial charge in [-0.15, -0.1) is 0 Å². The molecule has 0 saturated heterocycles. The highest BCUT2D eigenvalue weighted by atomic mass is 16.5. The molecule has 3 aliphatic rings. The fourth-order valence-electron chi connectivity index (χ4n) is 4.95. The molecule has 0 aromatic heterocycles. The predicted molar refractivity (Wildman–Crippen MR) is 110 cm³/mol. The summed E-state index contributed by atoms with van der Waals surface area (Å²) in [4.78, 5) is 26.1. The minimum atomic E-state index is -1.00. The van der Waals surface area contributed by atoms with Crippen molar-refractivity contribution in [3.8, 4) is 0 Å². The van der Waals surface area contributed by atoms with Crippen LogP contribution in [0.15, 0.2) is 54.6 Å². The molecule has 0 aliphatic heterocycles. The Morgan fingerprint density at radius 1 is 1.07 bits per heavy atom. The number of anilines is 1. The number of amides is 1. The number of carbonyl (C=O) groups excluding carboxylic acids is 1. The molecule has 152 valence electrons. The Morgan fingerprint density at radius 3 is 2.24 bits per heavy atom. The lowest BCUT2D eigenvalue weighted by molar-refractivity contribution is -0.183. The zero-order valence-electron chi connectivity index (χ0n) is 16.7. The van der Waals surface area contributed by atoms with Gasteiger partial charge in [0.2, 0.25) is 0 Å². The molecule has 3 fully saturated rings. The van der Waals surface area contributed by atoms with Crippen molar-refractivity contribution in [1.82, 2.24) is 5.32 Å². The van der Waals surface area contributed by atoms with Gasteiger partial charge in [0, 0.05) is 25.2 Å². The molecular weight excluding hydrogens is 368 g/mol. The number of carbonyl (C=O) groups is 2. The van der Waals surface area contributed by atoms with Crippen LogP contribution >= 0.6 is 0 Å². The van der Waals surface area contributed by atoms with E-state index in [9.17, 15) is 14.7 Å². The van der Waals surface area contributed by atoms with Gasteiger partial charge in [0.15, 0.2) is 0 Å². The Morgan fingerprint density at radius 2 is 1.69 bits per heavy atom. The van der Waals surface area contributed by atoms with E-state index in [0.717, 1.165) is 30.5 Å². The van der Waals surface area contributed by atoms with Crippen LogP contribution in [0.5, 0.6) is 0 Å². The number of alkyl carbamates (subject to hydrolysis) is 1. The van der Waals surface area contributed by atoms with Gasteiger partial charge in [0.1, 0.15) is 12.6 Å². The second kappa shape index (κ2) is 7.10. The third-order valence-corrected chi connectivity index (χ3v) is 6.40. The maximum Gasteiger partial charge on any atom is 0.408 e. The van der Waals surface area contributed by atoms with E-state index in [4.69, 9.17) is 4.74 Å². The van der Waals surface area contributed by atoms with Gasteiger partial charge in [0.25, 0.3) is 0 Å². The zero-order valence-corrected chi connectivity index (χ0v) is 16.7. The first-order valence-corrected chi connectivity index (χ1v) is 9.82. The minimum absolute atomic E-state index is 0.0498. The van der Waals surface area contributed by atoms with Crippen molar-refractivity contribution < 1.29 is 19.4 Å². The third kappa shape index (κ3) is 3.43. The van der Waals surface area contributed by atoms with Gasteiger partial charge in [0.05, 0.1) is 0 Å². The lowest BCUT2D eigenvalue weighted by atomic mass is 9.31. The fraction of sp³-hybridized carbons (Fsp3) is 0.391. The Balaban J connectivity index is 1.36. The molecule has 2 aromatic rings. The van der Waals surface area contributed by atoms with Crippen LogP contribution < -0.4 is 10.2 Å². The van der Waals surface area contributed by atoms with Gasteiger partial charge >= 0.3 is 12.1 Å². The summed E-state index contributed by atoms with van der Waals surface area (Å²) in [7, 11) is 4.01. The average Bonchev–Trinajstić information content (AvgIpc) is 2.64. The van der Waals surface area contributed by atoms with E-state index in [1.54, 1.807) is 0 Å². The summed E-state index contributed by atoms with van der Waals surface area (Å²) in [6, 6.07) is 16.9. The monoisotopic (exact) mass is 394 g/mol. The normalized spacial score (nSPS) is 25.2. The molecule has 0 heterocycles. The summed E-state index contributed by atoms with van der Waals surface area (Å²) in [5, 5.41) is 12.3. The van der Waals surface area contributed by atoms with Crippen LogP contribution in [0.3, 0.4) is 0 Å². The molecular formula is C23H26N2O4. The highest BCUT2D eigenvalue weighted by Crippen LogP contribution is 2.75. The smallest absolute Gasteiger partial charge is 0.408 e. The third-order valence-electron chi connectivity index (χ3n) is 6.40. The first-order valence-electron chi connectivity index (χ1n) is 9.82. The number of rotatable bonds is 7. The van der Waals surface area contributed by atoms with Crippen LogP contribution in [0.1, 0.15) is 30.4 Å². The van der Waals surface area contributed by atoms with Crippen LogP contribution in [0.4, 0.5) is 10.5 Å². The lowest BCUT2D eigenvalue weighted by Crippen LogP contribution is -2.73. The summed E-state index contributed by atoms with van der Waals surface area (Å²) >= 11 is 0. The molecule has 2 aromatic carbocycles. The van der Waals surface area contributed by atoms with Crippen LogP contribution in [-0.2, 0) is 21.6 Å². The summed E-state index contributed by atoms with van der Waals surface area (Å²) in [5.74, 6) is -1.00. The Labute approximate surface area is 170 Å². The minimum Gasteiger partial charge on any atom is -0.480 e. The second-order valence-corrected chi connectivity index (χ2v) is 8.59. The van der Waals surface area contributed by atoms with E-state index in [1.807, 2.05) is 44.4 Å². The summed E-state index contributed by atoms with van der Waals surface area (Å²) in [6.07, 6.45) is 1.64. The van der Waals surface area contributed by atoms with E-state index in [-0.39, 0.29) is 17.4 Å². The number of benzene rings is 2. The van der Waals surface area contributed by atoms with Crippen molar-refractivity contribution >= 4 is 17.7 Å². The van der Waals surface area contributed by atoms with E-state index < -0.39 is 18.1 Å². The van der Waals surface area contributed by atoms with Crippen molar-refractivity contribution in [1.29, 1.82) is 0 Å². The van der Waals surface area contributed by atoms with Gasteiger partial charge in [-0.1, -0.05) is 42.5 Å². The van der Waals surface area contributed by atoms with Crippen LogP contribution in [0.25, 0.3) is 0 Å². The number of carboxylic acid groups (broad SMARTS) is 1. The molecule has 1 unspecified atom stereocenters. The molecule has 2 bridgehead atoms. The van der Waals surface area contributed by atoms with E-state index in [0.29, 0.717) is 0 Å². The van der Waals surface area contributed by atoms with Gasteiger partial charge in [-0.3, -0.25) is 0 Å². The molecule has 5 rings (SSSR count). The van der Waals surface area contributed by atoms with Crippen molar-refractivity contribution in [2.75, 3.05) is 19.0 Å². The fourth-order valence-corrected chi connectivity index (χ4v) is 4.95. The molecule has 0 radical (unpaired) electrons. The predicted octanol–water partition coefficient (Wildman–Crippen LogP) is 3.55. The highest BCUT2D eigenvalue weighted by Gasteiger charge is 2.72. The number of hydrogen-bond acceptors (Lipinski definition) is 4. The number of ether oxygens (including phenoxy) is 1. The van der Waals surface area contributed by atoms with Crippen LogP contribution in [-0.4, -0.2) is 37.3 Å². The Bertz CT molecular complexity index is 888. The quantitative estimate of drug-likeness (QED) is 0.751. The molecule has 3 saturated carbocycles. The first-order chi connectivity index (χ1) is 13.8. The van der Waals surface area contributed by atoms with Gasteiger partial charge < -0.3 is 20.1 Å². The second-order valence-electron chi connectivity index (χ2n) is 8.59. The summed E-state index contributed by atoms with van der Waals surface area (Å²) in [6.45, 7) is 0.119. The molecule has 2 N–H and O–H groups in total. The van der Waals surface area contributed by atoms with E-state index in [1.165, 1.54) is 5.56 Å². The van der Waals surface area contributed by atoms with Gasteiger partial charge in [-0.2, -0.15) is 0 Å². The van der Waals surface area contributed by atoms with E-state index in [2.05, 4.69) is 34.5 Å². The molecule has 0 spiro atoms. The van der Waals surface area contributed by atoms with Crippen molar-refractivity contribution in [2.24, 2.45) is 5.41 Å². The van der Waals surface area contributed by atoms with Gasteiger partial charge in [-0.25, -0.2) is 9.59 Å². The zero-order chi connectivity index (χ0) is 20.6. The largest absolute Gasteiger partial charge is 0.480 e. The molecule has 1 amide bonds. The van der Waals surface area contributed by atoms with Gasteiger partial charge in [-0.05, 0) is 47.9 Å². The lowest BCUT2D eigenvalue weighted by Gasteiger charge is -2.72. The van der Waals surface area contributed by atoms with Crippen molar-refractivity contribution in [2.45, 2.75) is 37.3 Å².